The molecule has 1 saturated heterocycles. The average Bonchev–Trinajstić information content (AvgIpc) is 2.84. The number of aromatic nitrogens is 2. The number of rotatable bonds is 2. The number of fused-ring (bicyclic) bond motifs is 1. The molecule has 3 rings (SSSR count). The topological polar surface area (TPSA) is 20.5 Å². The molecular formula is C12H17N3S. The second-order valence-corrected chi connectivity index (χ2v) is 5.41. The normalized spacial score (nSPS) is 18.3. The summed E-state index contributed by atoms with van der Waals surface area (Å²) < 4.78 is 2.24. The van der Waals surface area contributed by atoms with Gasteiger partial charge in [0.1, 0.15) is 0 Å². The molecule has 0 saturated carbocycles. The highest BCUT2D eigenvalue weighted by molar-refractivity contribution is 7.15. The Morgan fingerprint density at radius 3 is 2.94 bits per heavy atom. The number of likely N-dealkylation sites (tertiary alicyclic amines) is 1. The van der Waals surface area contributed by atoms with Crippen molar-refractivity contribution in [1.29, 1.82) is 0 Å². The van der Waals surface area contributed by atoms with E-state index in [1.165, 1.54) is 43.7 Å². The highest BCUT2D eigenvalue weighted by Crippen LogP contribution is 2.20. The van der Waals surface area contributed by atoms with Crippen molar-refractivity contribution in [2.24, 2.45) is 0 Å². The van der Waals surface area contributed by atoms with E-state index in [0.717, 1.165) is 11.5 Å². The van der Waals surface area contributed by atoms with Gasteiger partial charge in [0.15, 0.2) is 4.96 Å². The van der Waals surface area contributed by atoms with Crippen LogP contribution in [0.4, 0.5) is 0 Å². The lowest BCUT2D eigenvalue weighted by Crippen LogP contribution is -2.29. The van der Waals surface area contributed by atoms with Gasteiger partial charge >= 0.3 is 0 Å². The van der Waals surface area contributed by atoms with E-state index in [1.807, 2.05) is 0 Å². The van der Waals surface area contributed by atoms with Crippen LogP contribution >= 0.6 is 11.3 Å². The van der Waals surface area contributed by atoms with Gasteiger partial charge in [0.05, 0.1) is 11.4 Å². The van der Waals surface area contributed by atoms with Crippen molar-refractivity contribution in [3.05, 3.63) is 23.0 Å². The standard InChI is InChI=1S/C12H17N3S/c1-10-11(9-14-5-3-2-4-6-14)15-7-8-16-12(15)13-10/h7-8H,2-6,9H2,1H3. The third-order valence-electron chi connectivity index (χ3n) is 3.38. The van der Waals surface area contributed by atoms with Crippen molar-refractivity contribution in [3.63, 3.8) is 0 Å². The minimum atomic E-state index is 1.06. The molecule has 0 aliphatic carbocycles. The molecule has 0 amide bonds. The zero-order valence-electron chi connectivity index (χ0n) is 9.65. The van der Waals surface area contributed by atoms with Gasteiger partial charge in [-0.25, -0.2) is 4.98 Å². The molecule has 4 heteroatoms. The number of hydrogen-bond acceptors (Lipinski definition) is 3. The molecule has 1 aliphatic heterocycles. The maximum atomic E-state index is 4.59. The van der Waals surface area contributed by atoms with E-state index in [0.29, 0.717) is 0 Å². The van der Waals surface area contributed by atoms with E-state index >= 15 is 0 Å². The Kier molecular flexibility index (Phi) is 2.69. The molecule has 3 heterocycles. The molecule has 2 aromatic heterocycles. The second kappa shape index (κ2) is 4.18. The first-order valence-electron chi connectivity index (χ1n) is 5.98. The molecule has 0 aromatic carbocycles. The number of aryl methyl sites for hydroxylation is 1. The SMILES string of the molecule is Cc1nc2sccn2c1CN1CCCCC1. The van der Waals surface area contributed by atoms with Crippen LogP contribution in [0.2, 0.25) is 0 Å². The minimum Gasteiger partial charge on any atom is -0.298 e. The number of thiazole rings is 1. The van der Waals surface area contributed by atoms with E-state index in [4.69, 9.17) is 0 Å². The molecule has 0 radical (unpaired) electrons. The largest absolute Gasteiger partial charge is 0.298 e. The Labute approximate surface area is 99.7 Å². The predicted octanol–water partition coefficient (Wildman–Crippen LogP) is 2.69. The van der Waals surface area contributed by atoms with Crippen molar-refractivity contribution in [2.45, 2.75) is 32.7 Å². The van der Waals surface area contributed by atoms with Crippen LogP contribution in [-0.2, 0) is 6.54 Å². The number of hydrogen-bond donors (Lipinski definition) is 0. The maximum absolute atomic E-state index is 4.59. The Bertz CT molecular complexity index is 479. The summed E-state index contributed by atoms with van der Waals surface area (Å²) in [6.45, 7) is 5.68. The molecule has 0 N–H and O–H groups in total. The Hall–Kier alpha value is -0.870. The van der Waals surface area contributed by atoms with Crippen molar-refractivity contribution in [1.82, 2.24) is 14.3 Å². The van der Waals surface area contributed by atoms with Gasteiger partial charge in [0, 0.05) is 18.1 Å². The fourth-order valence-corrected chi connectivity index (χ4v) is 3.24. The summed E-state index contributed by atoms with van der Waals surface area (Å²) in [7, 11) is 0. The van der Waals surface area contributed by atoms with Gasteiger partial charge in [-0.3, -0.25) is 9.30 Å². The van der Waals surface area contributed by atoms with Crippen molar-refractivity contribution in [3.8, 4) is 0 Å². The Morgan fingerprint density at radius 1 is 1.31 bits per heavy atom. The second-order valence-electron chi connectivity index (χ2n) is 4.54. The summed E-state index contributed by atoms with van der Waals surface area (Å²) in [6.07, 6.45) is 6.24. The van der Waals surface area contributed by atoms with E-state index in [1.54, 1.807) is 11.3 Å². The first kappa shape index (κ1) is 10.3. The van der Waals surface area contributed by atoms with Crippen LogP contribution in [0.3, 0.4) is 0 Å². The third-order valence-corrected chi connectivity index (χ3v) is 4.14. The fraction of sp³-hybridized carbons (Fsp3) is 0.583. The van der Waals surface area contributed by atoms with E-state index in [9.17, 15) is 0 Å². The van der Waals surface area contributed by atoms with Gasteiger partial charge in [-0.15, -0.1) is 11.3 Å². The minimum absolute atomic E-state index is 1.06. The molecule has 86 valence electrons. The lowest BCUT2D eigenvalue weighted by atomic mass is 10.1. The smallest absolute Gasteiger partial charge is 0.194 e. The number of imidazole rings is 1. The number of piperidine rings is 1. The van der Waals surface area contributed by atoms with Gasteiger partial charge in [-0.05, 0) is 32.9 Å². The van der Waals surface area contributed by atoms with Crippen molar-refractivity contribution in [2.75, 3.05) is 13.1 Å². The predicted molar refractivity (Wildman–Crippen MR) is 66.9 cm³/mol. The lowest BCUT2D eigenvalue weighted by molar-refractivity contribution is 0.217. The molecule has 2 aromatic rings. The fourth-order valence-electron chi connectivity index (χ4n) is 2.46. The summed E-state index contributed by atoms with van der Waals surface area (Å²) in [5.41, 5.74) is 2.57. The van der Waals surface area contributed by atoms with Crippen LogP contribution in [0.1, 0.15) is 30.7 Å². The molecule has 0 bridgehead atoms. The summed E-state index contributed by atoms with van der Waals surface area (Å²) >= 11 is 1.72. The maximum Gasteiger partial charge on any atom is 0.194 e. The third kappa shape index (κ3) is 1.76. The van der Waals surface area contributed by atoms with Crippen molar-refractivity contribution >= 4 is 16.3 Å². The summed E-state index contributed by atoms with van der Waals surface area (Å²) in [5.74, 6) is 0. The molecule has 1 fully saturated rings. The average molecular weight is 235 g/mol. The van der Waals surface area contributed by atoms with Crippen molar-refractivity contribution < 1.29 is 0 Å². The molecule has 16 heavy (non-hydrogen) atoms. The zero-order valence-corrected chi connectivity index (χ0v) is 10.5. The zero-order chi connectivity index (χ0) is 11.0. The molecule has 3 nitrogen and oxygen atoms in total. The van der Waals surface area contributed by atoms with Crippen LogP contribution in [0, 0.1) is 6.92 Å². The van der Waals surface area contributed by atoms with Crippen LogP contribution in [-0.4, -0.2) is 27.4 Å². The highest BCUT2D eigenvalue weighted by Gasteiger charge is 2.15. The van der Waals surface area contributed by atoms with Gasteiger partial charge in [-0.1, -0.05) is 6.42 Å². The first-order chi connectivity index (χ1) is 7.84. The van der Waals surface area contributed by atoms with Crippen LogP contribution in [0.5, 0.6) is 0 Å². The Morgan fingerprint density at radius 2 is 2.12 bits per heavy atom. The summed E-state index contributed by atoms with van der Waals surface area (Å²) in [6, 6.07) is 0. The van der Waals surface area contributed by atoms with E-state index in [-0.39, 0.29) is 0 Å². The Balaban J connectivity index is 1.86. The van der Waals surface area contributed by atoms with Gasteiger partial charge in [0.25, 0.3) is 0 Å². The first-order valence-corrected chi connectivity index (χ1v) is 6.86. The van der Waals surface area contributed by atoms with Gasteiger partial charge in [-0.2, -0.15) is 0 Å². The van der Waals surface area contributed by atoms with Gasteiger partial charge in [0.2, 0.25) is 0 Å². The monoisotopic (exact) mass is 235 g/mol. The molecule has 1 aliphatic rings. The lowest BCUT2D eigenvalue weighted by Gasteiger charge is -2.26. The number of nitrogens with zero attached hydrogens (tertiary/aromatic N) is 3. The van der Waals surface area contributed by atoms with Crippen LogP contribution in [0.15, 0.2) is 11.6 Å². The van der Waals surface area contributed by atoms with E-state index < -0.39 is 0 Å². The molecule has 0 spiro atoms. The molecular weight excluding hydrogens is 218 g/mol. The van der Waals surface area contributed by atoms with Crippen LogP contribution in [0.25, 0.3) is 4.96 Å². The molecule has 0 atom stereocenters. The highest BCUT2D eigenvalue weighted by atomic mass is 32.1. The molecule has 0 unspecified atom stereocenters. The van der Waals surface area contributed by atoms with Crippen LogP contribution < -0.4 is 0 Å². The summed E-state index contributed by atoms with van der Waals surface area (Å²) in [5, 5.41) is 2.11. The van der Waals surface area contributed by atoms with Gasteiger partial charge < -0.3 is 0 Å². The quantitative estimate of drug-likeness (QED) is 0.797. The van der Waals surface area contributed by atoms with E-state index in [2.05, 4.69) is 32.8 Å². The summed E-state index contributed by atoms with van der Waals surface area (Å²) in [4.78, 5) is 8.28.